The highest BCUT2D eigenvalue weighted by Gasteiger charge is 2.30. The molecule has 2 aromatic rings. The Morgan fingerprint density at radius 1 is 1.00 bits per heavy atom. The largest absolute Gasteiger partial charge is 0.495 e. The fourth-order valence-corrected chi connectivity index (χ4v) is 4.05. The Labute approximate surface area is 167 Å². The summed E-state index contributed by atoms with van der Waals surface area (Å²) in [6.07, 6.45) is -4.48. The smallest absolute Gasteiger partial charge is 0.416 e. The fraction of sp³-hybridized carbons (Fsp3) is 0.316. The van der Waals surface area contributed by atoms with E-state index in [4.69, 9.17) is 4.74 Å². The Morgan fingerprint density at radius 2 is 1.59 bits per heavy atom. The van der Waals surface area contributed by atoms with Crippen LogP contribution in [-0.4, -0.2) is 27.0 Å². The van der Waals surface area contributed by atoms with Crippen LogP contribution in [0.4, 0.5) is 18.9 Å². The molecule has 1 amide bonds. The van der Waals surface area contributed by atoms with Crippen molar-refractivity contribution < 1.29 is 31.1 Å². The molecule has 0 spiro atoms. The minimum Gasteiger partial charge on any atom is -0.495 e. The maximum absolute atomic E-state index is 12.7. The fourth-order valence-electron chi connectivity index (χ4n) is 2.43. The summed E-state index contributed by atoms with van der Waals surface area (Å²) >= 11 is 0. The first-order valence-electron chi connectivity index (χ1n) is 8.43. The lowest BCUT2D eigenvalue weighted by molar-refractivity contribution is -0.137. The molecule has 0 aliphatic heterocycles. The second-order valence-electron chi connectivity index (χ2n) is 7.25. The molecule has 29 heavy (non-hydrogen) atoms. The summed E-state index contributed by atoms with van der Waals surface area (Å²) in [6, 6.07) is 7.74. The van der Waals surface area contributed by atoms with Gasteiger partial charge in [-0.2, -0.15) is 13.2 Å². The van der Waals surface area contributed by atoms with Crippen molar-refractivity contribution in [1.82, 2.24) is 4.72 Å². The summed E-state index contributed by atoms with van der Waals surface area (Å²) < 4.78 is 70.8. The number of alkyl halides is 3. The van der Waals surface area contributed by atoms with Gasteiger partial charge in [0.2, 0.25) is 10.0 Å². The second-order valence-corrected chi connectivity index (χ2v) is 8.90. The molecule has 0 fully saturated rings. The van der Waals surface area contributed by atoms with Crippen molar-refractivity contribution in [2.75, 3.05) is 12.4 Å². The number of carbonyl (C=O) groups excluding carboxylic acids is 1. The molecule has 0 heterocycles. The van der Waals surface area contributed by atoms with Crippen LogP contribution in [0.3, 0.4) is 0 Å². The first-order valence-corrected chi connectivity index (χ1v) is 9.92. The number of rotatable bonds is 5. The van der Waals surface area contributed by atoms with Crippen molar-refractivity contribution in [2.24, 2.45) is 0 Å². The summed E-state index contributed by atoms with van der Waals surface area (Å²) in [5, 5.41) is 2.44. The average Bonchev–Trinajstić information content (AvgIpc) is 2.58. The van der Waals surface area contributed by atoms with Crippen molar-refractivity contribution in [3.05, 3.63) is 53.6 Å². The maximum Gasteiger partial charge on any atom is 0.416 e. The number of sulfonamides is 1. The maximum atomic E-state index is 12.7. The van der Waals surface area contributed by atoms with Gasteiger partial charge in [0.05, 0.1) is 12.7 Å². The molecule has 0 atom stereocenters. The van der Waals surface area contributed by atoms with Crippen LogP contribution < -0.4 is 14.8 Å². The van der Waals surface area contributed by atoms with Crippen LogP contribution in [0.2, 0.25) is 0 Å². The molecule has 0 radical (unpaired) electrons. The number of anilines is 1. The minimum absolute atomic E-state index is 0.0000166. The van der Waals surface area contributed by atoms with Gasteiger partial charge in [-0.1, -0.05) is 0 Å². The van der Waals surface area contributed by atoms with Gasteiger partial charge in [-0.15, -0.1) is 0 Å². The van der Waals surface area contributed by atoms with Gasteiger partial charge in [0.15, 0.2) is 0 Å². The van der Waals surface area contributed by atoms with Crippen LogP contribution in [0.1, 0.15) is 36.7 Å². The van der Waals surface area contributed by atoms with E-state index in [0.29, 0.717) is 0 Å². The molecule has 158 valence electrons. The zero-order valence-corrected chi connectivity index (χ0v) is 17.0. The van der Waals surface area contributed by atoms with Crippen molar-refractivity contribution in [2.45, 2.75) is 37.4 Å². The summed E-state index contributed by atoms with van der Waals surface area (Å²) in [7, 11) is -2.69. The van der Waals surface area contributed by atoms with Gasteiger partial charge in [0.25, 0.3) is 5.91 Å². The molecule has 10 heteroatoms. The normalized spacial score (nSPS) is 12.5. The number of carbonyl (C=O) groups is 1. The monoisotopic (exact) mass is 430 g/mol. The molecule has 2 aromatic carbocycles. The third-order valence-electron chi connectivity index (χ3n) is 3.63. The molecular formula is C19H21F3N2O4S. The third kappa shape index (κ3) is 5.94. The van der Waals surface area contributed by atoms with Gasteiger partial charge in [0, 0.05) is 16.8 Å². The van der Waals surface area contributed by atoms with Crippen LogP contribution in [0.25, 0.3) is 0 Å². The molecular weight excluding hydrogens is 409 g/mol. The third-order valence-corrected chi connectivity index (χ3v) is 5.41. The summed E-state index contributed by atoms with van der Waals surface area (Å²) in [5.74, 6) is -0.632. The van der Waals surface area contributed by atoms with Gasteiger partial charge in [0.1, 0.15) is 10.6 Å². The molecule has 6 nitrogen and oxygen atoms in total. The van der Waals surface area contributed by atoms with E-state index in [0.717, 1.165) is 30.3 Å². The van der Waals surface area contributed by atoms with E-state index < -0.39 is 33.2 Å². The molecule has 0 unspecified atom stereocenters. The summed E-state index contributed by atoms with van der Waals surface area (Å²) in [6.45, 7) is 4.99. The Bertz CT molecular complexity index is 996. The van der Waals surface area contributed by atoms with Gasteiger partial charge in [-0.05, 0) is 63.2 Å². The van der Waals surface area contributed by atoms with Crippen LogP contribution in [-0.2, 0) is 16.2 Å². The lowest BCUT2D eigenvalue weighted by Crippen LogP contribution is -2.40. The predicted molar refractivity (Wildman–Crippen MR) is 102 cm³/mol. The number of hydrogen-bond acceptors (Lipinski definition) is 4. The molecule has 0 bridgehead atoms. The van der Waals surface area contributed by atoms with E-state index in [1.54, 1.807) is 20.8 Å². The average molecular weight is 430 g/mol. The van der Waals surface area contributed by atoms with Crippen LogP contribution in [0.5, 0.6) is 5.75 Å². The molecule has 0 aliphatic carbocycles. The van der Waals surface area contributed by atoms with Crippen molar-refractivity contribution in [3.8, 4) is 5.75 Å². The standard InChI is InChI=1S/C19H21F3N2O4S/c1-18(2,3)24-29(26,27)16-11-12(5-10-15(16)28-4)17(25)23-14-8-6-13(7-9-14)19(20,21)22/h5-11,24H,1-4H3,(H,23,25). The Balaban J connectivity index is 2.32. The van der Waals surface area contributed by atoms with Gasteiger partial charge in [-0.25, -0.2) is 13.1 Å². The number of halogens is 3. The van der Waals surface area contributed by atoms with Crippen molar-refractivity contribution >= 4 is 21.6 Å². The number of benzene rings is 2. The van der Waals surface area contributed by atoms with E-state index in [-0.39, 0.29) is 21.9 Å². The highest BCUT2D eigenvalue weighted by Crippen LogP contribution is 2.30. The lowest BCUT2D eigenvalue weighted by atomic mass is 10.1. The topological polar surface area (TPSA) is 84.5 Å². The van der Waals surface area contributed by atoms with Gasteiger partial charge >= 0.3 is 6.18 Å². The lowest BCUT2D eigenvalue weighted by Gasteiger charge is -2.21. The Kier molecular flexibility index (Phi) is 6.29. The zero-order chi connectivity index (χ0) is 22.0. The number of amides is 1. The van der Waals surface area contributed by atoms with Gasteiger partial charge < -0.3 is 10.1 Å². The molecule has 0 saturated heterocycles. The summed E-state index contributed by atoms with van der Waals surface area (Å²) in [5.41, 5.74) is -1.47. The van der Waals surface area contributed by atoms with E-state index in [1.165, 1.54) is 19.2 Å². The number of hydrogen-bond donors (Lipinski definition) is 2. The zero-order valence-electron chi connectivity index (χ0n) is 16.2. The van der Waals surface area contributed by atoms with E-state index in [2.05, 4.69) is 10.0 Å². The minimum atomic E-state index is -4.48. The van der Waals surface area contributed by atoms with Crippen molar-refractivity contribution in [1.29, 1.82) is 0 Å². The number of ether oxygens (including phenoxy) is 1. The molecule has 0 aliphatic rings. The first kappa shape index (κ1) is 22.7. The first-order chi connectivity index (χ1) is 13.2. The Morgan fingerprint density at radius 3 is 2.07 bits per heavy atom. The van der Waals surface area contributed by atoms with E-state index in [9.17, 15) is 26.4 Å². The number of nitrogens with one attached hydrogen (secondary N) is 2. The highest BCUT2D eigenvalue weighted by atomic mass is 32.2. The summed E-state index contributed by atoms with van der Waals surface area (Å²) in [4.78, 5) is 12.2. The Hall–Kier alpha value is -2.59. The quantitative estimate of drug-likeness (QED) is 0.750. The number of methoxy groups -OCH3 is 1. The van der Waals surface area contributed by atoms with Crippen LogP contribution in [0, 0.1) is 0 Å². The van der Waals surface area contributed by atoms with E-state index >= 15 is 0 Å². The second kappa shape index (κ2) is 8.03. The molecule has 2 rings (SSSR count). The van der Waals surface area contributed by atoms with Crippen molar-refractivity contribution in [3.63, 3.8) is 0 Å². The van der Waals surface area contributed by atoms with Crippen LogP contribution >= 0.6 is 0 Å². The predicted octanol–water partition coefficient (Wildman–Crippen LogP) is 4.04. The van der Waals surface area contributed by atoms with E-state index in [1.807, 2.05) is 0 Å². The molecule has 0 saturated carbocycles. The molecule has 0 aromatic heterocycles. The van der Waals surface area contributed by atoms with Gasteiger partial charge in [-0.3, -0.25) is 4.79 Å². The van der Waals surface area contributed by atoms with Crippen LogP contribution in [0.15, 0.2) is 47.4 Å². The SMILES string of the molecule is COc1ccc(C(=O)Nc2ccc(C(F)(F)F)cc2)cc1S(=O)(=O)NC(C)(C)C. The highest BCUT2D eigenvalue weighted by molar-refractivity contribution is 7.89. The molecule has 2 N–H and O–H groups in total.